The van der Waals surface area contributed by atoms with Gasteiger partial charge in [0.05, 0.1) is 5.56 Å². The van der Waals surface area contributed by atoms with Gasteiger partial charge in [0, 0.05) is 6.42 Å². The number of unbranched alkanes of at least 4 members (excludes halogenated alkanes) is 3. The number of hydrogen-bond acceptors (Lipinski definition) is 4. The molecule has 0 aliphatic heterocycles. The van der Waals surface area contributed by atoms with Crippen LogP contribution in [0.2, 0.25) is 0 Å². The third-order valence-corrected chi connectivity index (χ3v) is 5.34. The molecule has 0 heterocycles. The third kappa shape index (κ3) is 7.74. The van der Waals surface area contributed by atoms with Crippen LogP contribution in [0, 0.1) is 5.92 Å². The van der Waals surface area contributed by atoms with Crippen LogP contribution in [0.25, 0.3) is 0 Å². The minimum absolute atomic E-state index is 0.0338. The molecule has 1 aromatic carbocycles. The van der Waals surface area contributed by atoms with Gasteiger partial charge in [0.15, 0.2) is 0 Å². The van der Waals surface area contributed by atoms with Crippen molar-refractivity contribution < 1.29 is 19.1 Å². The molecule has 4 heteroatoms. The standard InChI is InChI=1S/C23H34O4/c1-3-5-7-8-18-10-14-21(15-11-18)27-23(25)19-12-16-20(17-13-19)26-22(24)9-6-4-2/h12-13,16-18,21H,3-11,14-15H2,1-2H3. The Balaban J connectivity index is 1.74. The van der Waals surface area contributed by atoms with Gasteiger partial charge >= 0.3 is 11.9 Å². The summed E-state index contributed by atoms with van der Waals surface area (Å²) < 4.78 is 10.9. The van der Waals surface area contributed by atoms with E-state index in [0.29, 0.717) is 17.7 Å². The van der Waals surface area contributed by atoms with E-state index in [4.69, 9.17) is 9.47 Å². The Morgan fingerprint density at radius 1 is 0.926 bits per heavy atom. The smallest absolute Gasteiger partial charge is 0.338 e. The molecule has 2 rings (SSSR count). The molecule has 1 aliphatic carbocycles. The molecule has 1 fully saturated rings. The summed E-state index contributed by atoms with van der Waals surface area (Å²) in [6, 6.07) is 6.65. The highest BCUT2D eigenvalue weighted by molar-refractivity contribution is 5.89. The predicted molar refractivity (Wildman–Crippen MR) is 107 cm³/mol. The number of carbonyl (C=O) groups is 2. The molecule has 0 unspecified atom stereocenters. The Hall–Kier alpha value is -1.84. The second-order valence-electron chi connectivity index (χ2n) is 7.65. The van der Waals surface area contributed by atoms with E-state index in [1.807, 2.05) is 6.92 Å². The molecule has 0 amide bonds. The summed E-state index contributed by atoms with van der Waals surface area (Å²) in [5.74, 6) is 0.754. The van der Waals surface area contributed by atoms with Crippen molar-refractivity contribution in [2.75, 3.05) is 0 Å². The van der Waals surface area contributed by atoms with E-state index in [0.717, 1.165) is 44.4 Å². The molecule has 0 bridgehead atoms. The van der Waals surface area contributed by atoms with Crippen molar-refractivity contribution in [3.05, 3.63) is 29.8 Å². The lowest BCUT2D eigenvalue weighted by Gasteiger charge is -2.28. The Kier molecular flexibility index (Phi) is 9.37. The molecule has 0 saturated heterocycles. The monoisotopic (exact) mass is 374 g/mol. The average Bonchev–Trinajstić information content (AvgIpc) is 2.68. The van der Waals surface area contributed by atoms with Crippen molar-refractivity contribution in [1.82, 2.24) is 0 Å². The molecule has 150 valence electrons. The van der Waals surface area contributed by atoms with Gasteiger partial charge in [-0.15, -0.1) is 0 Å². The lowest BCUT2D eigenvalue weighted by Crippen LogP contribution is -2.24. The van der Waals surface area contributed by atoms with E-state index in [2.05, 4.69) is 6.92 Å². The summed E-state index contributed by atoms with van der Waals surface area (Å²) in [6.45, 7) is 4.27. The van der Waals surface area contributed by atoms with Crippen LogP contribution in [0.3, 0.4) is 0 Å². The maximum absolute atomic E-state index is 12.4. The molecule has 27 heavy (non-hydrogen) atoms. The topological polar surface area (TPSA) is 52.6 Å². The zero-order valence-electron chi connectivity index (χ0n) is 16.9. The van der Waals surface area contributed by atoms with Crippen LogP contribution in [0.5, 0.6) is 5.75 Å². The van der Waals surface area contributed by atoms with Gasteiger partial charge in [-0.25, -0.2) is 4.79 Å². The Labute approximate surface area is 163 Å². The zero-order valence-corrected chi connectivity index (χ0v) is 16.9. The van der Waals surface area contributed by atoms with Crippen molar-refractivity contribution in [3.8, 4) is 5.75 Å². The van der Waals surface area contributed by atoms with E-state index in [-0.39, 0.29) is 18.0 Å². The summed E-state index contributed by atoms with van der Waals surface area (Å²) in [6.07, 6.45) is 11.7. The number of rotatable bonds is 10. The van der Waals surface area contributed by atoms with Gasteiger partial charge in [0.2, 0.25) is 0 Å². The molecule has 0 radical (unpaired) electrons. The van der Waals surface area contributed by atoms with E-state index in [1.54, 1.807) is 24.3 Å². The fourth-order valence-electron chi connectivity index (χ4n) is 3.60. The molecule has 0 atom stereocenters. The van der Waals surface area contributed by atoms with Crippen LogP contribution in [-0.2, 0) is 9.53 Å². The van der Waals surface area contributed by atoms with E-state index in [9.17, 15) is 9.59 Å². The molecular formula is C23H34O4. The van der Waals surface area contributed by atoms with Crippen molar-refractivity contribution in [2.24, 2.45) is 5.92 Å². The first-order valence-corrected chi connectivity index (χ1v) is 10.6. The molecule has 1 saturated carbocycles. The van der Waals surface area contributed by atoms with Crippen molar-refractivity contribution in [2.45, 2.75) is 90.6 Å². The van der Waals surface area contributed by atoms with Crippen molar-refractivity contribution in [1.29, 1.82) is 0 Å². The predicted octanol–water partition coefficient (Wildman–Crippen LogP) is 6.08. The van der Waals surface area contributed by atoms with Crippen molar-refractivity contribution >= 4 is 11.9 Å². The molecule has 1 aliphatic rings. The third-order valence-electron chi connectivity index (χ3n) is 5.34. The highest BCUT2D eigenvalue weighted by Gasteiger charge is 2.24. The summed E-state index contributed by atoms with van der Waals surface area (Å²) in [5.41, 5.74) is 0.508. The SMILES string of the molecule is CCCCCC1CCC(OC(=O)c2ccc(OC(=O)CCCC)cc2)CC1. The summed E-state index contributed by atoms with van der Waals surface area (Å²) in [7, 11) is 0. The van der Waals surface area contributed by atoms with Gasteiger partial charge in [-0.1, -0.05) is 46.0 Å². The minimum Gasteiger partial charge on any atom is -0.459 e. The number of benzene rings is 1. The lowest BCUT2D eigenvalue weighted by atomic mass is 9.84. The minimum atomic E-state index is -0.284. The fourth-order valence-corrected chi connectivity index (χ4v) is 3.60. The first kappa shape index (κ1) is 21.5. The molecule has 0 N–H and O–H groups in total. The van der Waals surface area contributed by atoms with E-state index >= 15 is 0 Å². The van der Waals surface area contributed by atoms with Crippen LogP contribution in [-0.4, -0.2) is 18.0 Å². The second kappa shape index (κ2) is 11.8. The maximum atomic E-state index is 12.4. The Bertz CT molecular complexity index is 571. The van der Waals surface area contributed by atoms with Crippen LogP contribution >= 0.6 is 0 Å². The molecule has 0 aromatic heterocycles. The van der Waals surface area contributed by atoms with Crippen LogP contribution in [0.15, 0.2) is 24.3 Å². The van der Waals surface area contributed by atoms with Gasteiger partial charge in [-0.3, -0.25) is 4.79 Å². The maximum Gasteiger partial charge on any atom is 0.338 e. The zero-order chi connectivity index (χ0) is 19.5. The van der Waals surface area contributed by atoms with Gasteiger partial charge < -0.3 is 9.47 Å². The average molecular weight is 375 g/mol. The Morgan fingerprint density at radius 3 is 2.22 bits per heavy atom. The van der Waals surface area contributed by atoms with E-state index < -0.39 is 0 Å². The number of esters is 2. The molecular weight excluding hydrogens is 340 g/mol. The Morgan fingerprint density at radius 2 is 1.59 bits per heavy atom. The second-order valence-corrected chi connectivity index (χ2v) is 7.65. The van der Waals surface area contributed by atoms with Gasteiger partial charge in [0.1, 0.15) is 11.9 Å². The highest BCUT2D eigenvalue weighted by Crippen LogP contribution is 2.30. The first-order valence-electron chi connectivity index (χ1n) is 10.6. The molecule has 4 nitrogen and oxygen atoms in total. The van der Waals surface area contributed by atoms with Crippen LogP contribution in [0.1, 0.15) is 94.8 Å². The summed E-state index contributed by atoms with van der Waals surface area (Å²) in [4.78, 5) is 24.0. The van der Waals surface area contributed by atoms with Gasteiger partial charge in [-0.2, -0.15) is 0 Å². The number of ether oxygens (including phenoxy) is 2. The molecule has 1 aromatic rings. The highest BCUT2D eigenvalue weighted by atomic mass is 16.5. The largest absolute Gasteiger partial charge is 0.459 e. The van der Waals surface area contributed by atoms with Gasteiger partial charge in [-0.05, 0) is 62.3 Å². The van der Waals surface area contributed by atoms with Gasteiger partial charge in [0.25, 0.3) is 0 Å². The summed E-state index contributed by atoms with van der Waals surface area (Å²) >= 11 is 0. The fraction of sp³-hybridized carbons (Fsp3) is 0.652. The lowest BCUT2D eigenvalue weighted by molar-refractivity contribution is -0.134. The molecule has 0 spiro atoms. The summed E-state index contributed by atoms with van der Waals surface area (Å²) in [5, 5.41) is 0. The van der Waals surface area contributed by atoms with Crippen LogP contribution in [0.4, 0.5) is 0 Å². The quantitative estimate of drug-likeness (QED) is 0.283. The van der Waals surface area contributed by atoms with E-state index in [1.165, 1.54) is 25.7 Å². The first-order chi connectivity index (χ1) is 13.1. The number of hydrogen-bond donors (Lipinski definition) is 0. The van der Waals surface area contributed by atoms with Crippen molar-refractivity contribution in [3.63, 3.8) is 0 Å². The normalized spacial score (nSPS) is 19.5. The number of carbonyl (C=O) groups excluding carboxylic acids is 2. The van der Waals surface area contributed by atoms with Crippen LogP contribution < -0.4 is 4.74 Å².